The van der Waals surface area contributed by atoms with E-state index in [9.17, 15) is 0 Å². The molecule has 1 aliphatic carbocycles. The van der Waals surface area contributed by atoms with Gasteiger partial charge in [0, 0.05) is 11.3 Å². The number of furan rings is 1. The Kier molecular flexibility index (Phi) is 3.36. The van der Waals surface area contributed by atoms with Gasteiger partial charge in [-0.15, -0.1) is 0 Å². The molecule has 0 radical (unpaired) electrons. The number of benzene rings is 1. The van der Waals surface area contributed by atoms with Crippen LogP contribution in [0, 0.1) is 18.8 Å². The molecule has 1 fully saturated rings. The van der Waals surface area contributed by atoms with Gasteiger partial charge in [0.1, 0.15) is 11.3 Å². The quantitative estimate of drug-likeness (QED) is 0.875. The maximum Gasteiger partial charge on any atom is 0.137 e. The average Bonchev–Trinajstić information content (AvgIpc) is 2.84. The molecule has 0 aliphatic heterocycles. The van der Waals surface area contributed by atoms with E-state index < -0.39 is 0 Å². The molecule has 1 saturated carbocycles. The van der Waals surface area contributed by atoms with Gasteiger partial charge in [-0.1, -0.05) is 31.5 Å². The minimum atomic E-state index is 0.501. The smallest absolute Gasteiger partial charge is 0.137 e. The van der Waals surface area contributed by atoms with Crippen LogP contribution < -0.4 is 5.73 Å². The molecule has 2 heteroatoms. The molecular formula is C17H23NO. The maximum atomic E-state index is 6.16. The van der Waals surface area contributed by atoms with Crippen LogP contribution in [0.15, 0.2) is 28.7 Å². The zero-order valence-electron chi connectivity index (χ0n) is 11.9. The fourth-order valence-corrected chi connectivity index (χ4v) is 3.49. The van der Waals surface area contributed by atoms with E-state index in [0.29, 0.717) is 11.8 Å². The van der Waals surface area contributed by atoms with Gasteiger partial charge in [0.05, 0.1) is 0 Å². The van der Waals surface area contributed by atoms with Crippen molar-refractivity contribution in [3.63, 3.8) is 0 Å². The van der Waals surface area contributed by atoms with Gasteiger partial charge >= 0.3 is 0 Å². The zero-order chi connectivity index (χ0) is 13.4. The third-order valence-corrected chi connectivity index (χ3v) is 4.68. The van der Waals surface area contributed by atoms with Crippen LogP contribution in [0.3, 0.4) is 0 Å². The van der Waals surface area contributed by atoms with Crippen molar-refractivity contribution in [1.29, 1.82) is 0 Å². The summed E-state index contributed by atoms with van der Waals surface area (Å²) in [7, 11) is 0. The molecule has 3 atom stereocenters. The average molecular weight is 257 g/mol. The third kappa shape index (κ3) is 2.30. The first-order valence-corrected chi connectivity index (χ1v) is 7.38. The summed E-state index contributed by atoms with van der Waals surface area (Å²) in [6, 6.07) is 8.58. The van der Waals surface area contributed by atoms with Crippen LogP contribution >= 0.6 is 0 Å². The van der Waals surface area contributed by atoms with Crippen molar-refractivity contribution in [2.24, 2.45) is 17.6 Å². The van der Waals surface area contributed by atoms with Crippen molar-refractivity contribution < 1.29 is 4.42 Å². The first-order valence-electron chi connectivity index (χ1n) is 7.38. The normalized spacial score (nSPS) is 27.8. The van der Waals surface area contributed by atoms with Crippen LogP contribution in [0.25, 0.3) is 11.0 Å². The zero-order valence-corrected chi connectivity index (χ0v) is 11.9. The topological polar surface area (TPSA) is 39.2 Å². The summed E-state index contributed by atoms with van der Waals surface area (Å²) in [4.78, 5) is 0. The molecule has 1 aromatic carbocycles. The highest BCUT2D eigenvalue weighted by Gasteiger charge is 2.31. The van der Waals surface area contributed by atoms with Gasteiger partial charge in [0.25, 0.3) is 0 Å². The number of aryl methyl sites for hydroxylation is 1. The Morgan fingerprint density at radius 1 is 1.32 bits per heavy atom. The lowest BCUT2D eigenvalue weighted by molar-refractivity contribution is 0.231. The number of hydrogen-bond donors (Lipinski definition) is 1. The molecule has 0 amide bonds. The molecule has 2 nitrogen and oxygen atoms in total. The lowest BCUT2D eigenvalue weighted by Gasteiger charge is -2.32. The first kappa shape index (κ1) is 12.7. The fraction of sp³-hybridized carbons (Fsp3) is 0.529. The second kappa shape index (κ2) is 5.01. The number of nitrogens with two attached hydrogens (primary N) is 1. The Labute approximate surface area is 115 Å². The maximum absolute atomic E-state index is 6.16. The Morgan fingerprint density at radius 3 is 2.89 bits per heavy atom. The van der Waals surface area contributed by atoms with E-state index in [4.69, 9.17) is 10.2 Å². The van der Waals surface area contributed by atoms with Crippen LogP contribution in [-0.2, 0) is 0 Å². The number of fused-ring (bicyclic) bond motifs is 1. The number of hydrogen-bond acceptors (Lipinski definition) is 2. The fourth-order valence-electron chi connectivity index (χ4n) is 3.49. The molecule has 0 spiro atoms. The molecule has 2 aromatic rings. The summed E-state index contributed by atoms with van der Waals surface area (Å²) in [5.41, 5.74) is 8.23. The number of para-hydroxylation sites is 1. The second-order valence-corrected chi connectivity index (χ2v) is 6.16. The summed E-state index contributed by atoms with van der Waals surface area (Å²) < 4.78 is 6.16. The molecule has 0 saturated heterocycles. The minimum Gasteiger partial charge on any atom is -0.460 e. The third-order valence-electron chi connectivity index (χ3n) is 4.68. The molecule has 3 unspecified atom stereocenters. The Bertz CT molecular complexity index is 572. The van der Waals surface area contributed by atoms with E-state index in [1.807, 2.05) is 0 Å². The molecule has 1 aliphatic rings. The lowest BCUT2D eigenvalue weighted by atomic mass is 9.73. The minimum absolute atomic E-state index is 0.501. The van der Waals surface area contributed by atoms with E-state index in [-0.39, 0.29) is 0 Å². The molecule has 0 bridgehead atoms. The Balaban J connectivity index is 1.99. The summed E-state index contributed by atoms with van der Waals surface area (Å²) in [5, 5.41) is 1.23. The van der Waals surface area contributed by atoms with Crippen molar-refractivity contribution >= 4 is 11.0 Å². The van der Waals surface area contributed by atoms with E-state index >= 15 is 0 Å². The Morgan fingerprint density at radius 2 is 2.16 bits per heavy atom. The summed E-state index contributed by atoms with van der Waals surface area (Å²) in [6.07, 6.45) is 3.75. The van der Waals surface area contributed by atoms with Gasteiger partial charge in [-0.3, -0.25) is 0 Å². The van der Waals surface area contributed by atoms with Gasteiger partial charge in [-0.2, -0.15) is 0 Å². The highest BCUT2D eigenvalue weighted by molar-refractivity contribution is 5.81. The number of rotatable bonds is 2. The van der Waals surface area contributed by atoms with Crippen molar-refractivity contribution in [3.05, 3.63) is 35.6 Å². The molecule has 1 aromatic heterocycles. The van der Waals surface area contributed by atoms with Crippen molar-refractivity contribution in [2.45, 2.75) is 39.0 Å². The predicted molar refractivity (Wildman–Crippen MR) is 79.3 cm³/mol. The van der Waals surface area contributed by atoms with Crippen LogP contribution in [0.1, 0.15) is 43.4 Å². The highest BCUT2D eigenvalue weighted by atomic mass is 16.3. The summed E-state index contributed by atoms with van der Waals surface area (Å²) >= 11 is 0. The second-order valence-electron chi connectivity index (χ2n) is 6.16. The van der Waals surface area contributed by atoms with E-state index in [2.05, 4.69) is 38.1 Å². The molecule has 19 heavy (non-hydrogen) atoms. The molecular weight excluding hydrogens is 234 g/mol. The van der Waals surface area contributed by atoms with Crippen LogP contribution in [0.5, 0.6) is 0 Å². The first-order chi connectivity index (χ1) is 9.19. The van der Waals surface area contributed by atoms with Gasteiger partial charge in [0.15, 0.2) is 0 Å². The summed E-state index contributed by atoms with van der Waals surface area (Å²) in [6.45, 7) is 5.22. The SMILES string of the molecule is Cc1cccc2cc(C3CC(C)CCC3CN)oc12. The molecule has 1 heterocycles. The van der Waals surface area contributed by atoms with Crippen molar-refractivity contribution in [2.75, 3.05) is 6.54 Å². The van der Waals surface area contributed by atoms with Crippen LogP contribution in [-0.4, -0.2) is 6.54 Å². The highest BCUT2D eigenvalue weighted by Crippen LogP contribution is 2.41. The predicted octanol–water partition coefficient (Wildman–Crippen LogP) is 4.22. The van der Waals surface area contributed by atoms with Crippen molar-refractivity contribution in [1.82, 2.24) is 0 Å². The van der Waals surface area contributed by atoms with E-state index in [1.165, 1.54) is 30.2 Å². The van der Waals surface area contributed by atoms with E-state index in [1.54, 1.807) is 0 Å². The van der Waals surface area contributed by atoms with Crippen LogP contribution in [0.4, 0.5) is 0 Å². The molecule has 102 valence electrons. The van der Waals surface area contributed by atoms with Crippen molar-refractivity contribution in [3.8, 4) is 0 Å². The summed E-state index contributed by atoms with van der Waals surface area (Å²) in [5.74, 6) is 3.01. The van der Waals surface area contributed by atoms with Gasteiger partial charge < -0.3 is 10.2 Å². The van der Waals surface area contributed by atoms with Gasteiger partial charge in [0.2, 0.25) is 0 Å². The molecule has 2 N–H and O–H groups in total. The van der Waals surface area contributed by atoms with Gasteiger partial charge in [-0.25, -0.2) is 0 Å². The lowest BCUT2D eigenvalue weighted by Crippen LogP contribution is -2.27. The van der Waals surface area contributed by atoms with E-state index in [0.717, 1.165) is 23.8 Å². The standard InChI is InChI=1S/C17H23NO/c1-11-6-7-14(10-18)15(8-11)16-9-13-5-3-4-12(2)17(13)19-16/h3-5,9,11,14-15H,6-8,10,18H2,1-2H3. The van der Waals surface area contributed by atoms with Gasteiger partial charge in [-0.05, 0) is 49.8 Å². The monoisotopic (exact) mass is 257 g/mol. The molecule has 3 rings (SSSR count). The largest absolute Gasteiger partial charge is 0.460 e. The Hall–Kier alpha value is -1.28. The van der Waals surface area contributed by atoms with Crippen LogP contribution in [0.2, 0.25) is 0 Å².